The van der Waals surface area contributed by atoms with Crippen LogP contribution in [0.5, 0.6) is 0 Å². The molecule has 17 heavy (non-hydrogen) atoms. The van der Waals surface area contributed by atoms with Crippen molar-refractivity contribution in [3.05, 3.63) is 0 Å². The van der Waals surface area contributed by atoms with Crippen molar-refractivity contribution in [2.75, 3.05) is 18.1 Å². The van der Waals surface area contributed by atoms with Crippen LogP contribution in [0.2, 0.25) is 0 Å². The SMILES string of the molecule is CCSC(SCC)C(N)C(O)C(O)C(O)CO. The highest BCUT2D eigenvalue weighted by atomic mass is 32.2. The molecule has 7 heteroatoms. The summed E-state index contributed by atoms with van der Waals surface area (Å²) in [5.41, 5.74) is 5.88. The summed E-state index contributed by atoms with van der Waals surface area (Å²) in [5.74, 6) is 1.72. The van der Waals surface area contributed by atoms with Crippen LogP contribution in [0, 0.1) is 0 Å². The number of nitrogens with two attached hydrogens (primary N) is 1. The second-order valence-electron chi connectivity index (χ2n) is 3.59. The van der Waals surface area contributed by atoms with Crippen molar-refractivity contribution in [3.8, 4) is 0 Å². The van der Waals surface area contributed by atoms with E-state index in [9.17, 15) is 15.3 Å². The zero-order chi connectivity index (χ0) is 13.4. The molecule has 0 saturated heterocycles. The monoisotopic (exact) mass is 285 g/mol. The summed E-state index contributed by atoms with van der Waals surface area (Å²) in [7, 11) is 0. The van der Waals surface area contributed by atoms with E-state index in [0.29, 0.717) is 0 Å². The lowest BCUT2D eigenvalue weighted by molar-refractivity contribution is -0.0817. The van der Waals surface area contributed by atoms with Gasteiger partial charge in [-0.3, -0.25) is 0 Å². The van der Waals surface area contributed by atoms with Gasteiger partial charge in [0, 0.05) is 0 Å². The molecular weight excluding hydrogens is 262 g/mol. The molecule has 6 N–H and O–H groups in total. The summed E-state index contributed by atoms with van der Waals surface area (Å²) in [6.07, 6.45) is -4.04. The van der Waals surface area contributed by atoms with E-state index >= 15 is 0 Å². The number of hydrogen-bond donors (Lipinski definition) is 5. The van der Waals surface area contributed by atoms with Crippen molar-refractivity contribution in [2.24, 2.45) is 5.73 Å². The van der Waals surface area contributed by atoms with Gasteiger partial charge >= 0.3 is 0 Å². The Morgan fingerprint density at radius 2 is 1.47 bits per heavy atom. The van der Waals surface area contributed by atoms with Gasteiger partial charge in [0.15, 0.2) is 0 Å². The normalized spacial score (nSPS) is 19.1. The molecule has 0 fully saturated rings. The number of aliphatic hydroxyl groups is 4. The first-order chi connectivity index (χ1) is 7.99. The second-order valence-corrected chi connectivity index (χ2v) is 6.72. The lowest BCUT2D eigenvalue weighted by Gasteiger charge is -2.31. The largest absolute Gasteiger partial charge is 0.394 e. The van der Waals surface area contributed by atoms with Gasteiger partial charge in [-0.2, -0.15) is 0 Å². The van der Waals surface area contributed by atoms with E-state index in [1.807, 2.05) is 13.8 Å². The third kappa shape index (κ3) is 5.78. The Bertz CT molecular complexity index is 193. The summed E-state index contributed by atoms with van der Waals surface area (Å²) >= 11 is 3.19. The third-order valence-corrected chi connectivity index (χ3v) is 5.07. The fourth-order valence-corrected chi connectivity index (χ4v) is 3.95. The van der Waals surface area contributed by atoms with Crippen molar-refractivity contribution < 1.29 is 20.4 Å². The number of hydrogen-bond acceptors (Lipinski definition) is 7. The minimum absolute atomic E-state index is 0.0412. The lowest BCUT2D eigenvalue weighted by atomic mass is 10.0. The molecule has 0 bridgehead atoms. The van der Waals surface area contributed by atoms with Crippen LogP contribution in [0.15, 0.2) is 0 Å². The van der Waals surface area contributed by atoms with E-state index < -0.39 is 31.0 Å². The first-order valence-electron chi connectivity index (χ1n) is 5.63. The lowest BCUT2D eigenvalue weighted by Crippen LogP contribution is -2.52. The van der Waals surface area contributed by atoms with Crippen molar-refractivity contribution >= 4 is 23.5 Å². The van der Waals surface area contributed by atoms with Gasteiger partial charge in [-0.25, -0.2) is 0 Å². The first kappa shape index (κ1) is 17.5. The molecule has 0 saturated carbocycles. The summed E-state index contributed by atoms with van der Waals surface area (Å²) in [4.78, 5) is 0. The molecule has 0 rings (SSSR count). The molecule has 0 aromatic heterocycles. The van der Waals surface area contributed by atoms with Crippen molar-refractivity contribution in [2.45, 2.75) is 42.8 Å². The zero-order valence-electron chi connectivity index (χ0n) is 10.2. The Balaban J connectivity index is 4.46. The highest BCUT2D eigenvalue weighted by Crippen LogP contribution is 2.28. The first-order valence-corrected chi connectivity index (χ1v) is 7.73. The minimum Gasteiger partial charge on any atom is -0.394 e. The maximum absolute atomic E-state index is 9.84. The highest BCUT2D eigenvalue weighted by Gasteiger charge is 2.33. The topological polar surface area (TPSA) is 107 Å². The van der Waals surface area contributed by atoms with Crippen LogP contribution in [-0.4, -0.2) is 67.5 Å². The van der Waals surface area contributed by atoms with Gasteiger partial charge in [0.05, 0.1) is 23.3 Å². The van der Waals surface area contributed by atoms with Crippen LogP contribution in [0.1, 0.15) is 13.8 Å². The molecule has 0 radical (unpaired) electrons. The predicted octanol–water partition coefficient (Wildman–Crippen LogP) is -0.779. The molecule has 0 amide bonds. The number of rotatable bonds is 9. The average molecular weight is 285 g/mol. The standard InChI is InChI=1S/C10H23NO4S2/c1-3-16-10(17-4-2)7(11)9(15)8(14)6(13)5-12/h6-10,12-15H,3-5,11H2,1-2H3. The Hall–Kier alpha value is 0.500. The second kappa shape index (κ2) is 9.43. The number of aliphatic hydroxyl groups excluding tert-OH is 4. The average Bonchev–Trinajstić information content (AvgIpc) is 2.34. The maximum Gasteiger partial charge on any atom is 0.110 e. The molecule has 0 spiro atoms. The summed E-state index contributed by atoms with van der Waals surface area (Å²) in [5, 5.41) is 37.4. The molecule has 104 valence electrons. The van der Waals surface area contributed by atoms with Gasteiger partial charge in [-0.15, -0.1) is 23.5 Å². The van der Waals surface area contributed by atoms with Gasteiger partial charge in [-0.05, 0) is 11.5 Å². The molecule has 5 nitrogen and oxygen atoms in total. The summed E-state index contributed by atoms with van der Waals surface area (Å²) < 4.78 is -0.0412. The van der Waals surface area contributed by atoms with Gasteiger partial charge in [0.2, 0.25) is 0 Å². The van der Waals surface area contributed by atoms with Crippen molar-refractivity contribution in [1.82, 2.24) is 0 Å². The maximum atomic E-state index is 9.84. The predicted molar refractivity (Wildman–Crippen MR) is 73.1 cm³/mol. The molecule has 0 aromatic carbocycles. The summed E-state index contributed by atoms with van der Waals surface area (Å²) in [6, 6.07) is -0.652. The van der Waals surface area contributed by atoms with Crippen LogP contribution in [0.3, 0.4) is 0 Å². The van der Waals surface area contributed by atoms with Crippen molar-refractivity contribution in [1.29, 1.82) is 0 Å². The van der Waals surface area contributed by atoms with E-state index in [2.05, 4.69) is 0 Å². The third-order valence-electron chi connectivity index (χ3n) is 2.30. The van der Waals surface area contributed by atoms with E-state index in [-0.39, 0.29) is 4.58 Å². The molecule has 4 unspecified atom stereocenters. The molecule has 0 heterocycles. The summed E-state index contributed by atoms with van der Waals surface area (Å²) in [6.45, 7) is 3.38. The van der Waals surface area contributed by atoms with Gasteiger partial charge in [0.25, 0.3) is 0 Å². The van der Waals surface area contributed by atoms with Crippen LogP contribution in [0.4, 0.5) is 0 Å². The van der Waals surface area contributed by atoms with E-state index in [0.717, 1.165) is 11.5 Å². The molecule has 0 aliphatic heterocycles. The van der Waals surface area contributed by atoms with Crippen LogP contribution in [0.25, 0.3) is 0 Å². The Morgan fingerprint density at radius 1 is 1.00 bits per heavy atom. The Morgan fingerprint density at radius 3 is 1.82 bits per heavy atom. The van der Waals surface area contributed by atoms with E-state index in [1.165, 1.54) is 0 Å². The van der Waals surface area contributed by atoms with Gasteiger partial charge < -0.3 is 26.2 Å². The molecule has 0 aliphatic rings. The fourth-order valence-electron chi connectivity index (χ4n) is 1.32. The van der Waals surface area contributed by atoms with E-state index in [1.54, 1.807) is 23.5 Å². The quantitative estimate of drug-likeness (QED) is 0.354. The van der Waals surface area contributed by atoms with Crippen LogP contribution >= 0.6 is 23.5 Å². The van der Waals surface area contributed by atoms with Crippen LogP contribution in [-0.2, 0) is 0 Å². The zero-order valence-corrected chi connectivity index (χ0v) is 11.8. The molecular formula is C10H23NO4S2. The van der Waals surface area contributed by atoms with Gasteiger partial charge in [0.1, 0.15) is 12.2 Å². The minimum atomic E-state index is -1.42. The Kier molecular flexibility index (Phi) is 9.71. The fraction of sp³-hybridized carbons (Fsp3) is 1.00. The van der Waals surface area contributed by atoms with Gasteiger partial charge in [-0.1, -0.05) is 13.8 Å². The Labute approximate surface area is 111 Å². The number of thioether (sulfide) groups is 2. The smallest absolute Gasteiger partial charge is 0.110 e. The van der Waals surface area contributed by atoms with E-state index in [4.69, 9.17) is 10.8 Å². The highest BCUT2D eigenvalue weighted by molar-refractivity contribution is 8.17. The van der Waals surface area contributed by atoms with Crippen molar-refractivity contribution in [3.63, 3.8) is 0 Å². The molecule has 0 aromatic rings. The molecule has 4 atom stereocenters. The molecule has 0 aliphatic carbocycles. The van der Waals surface area contributed by atoms with Crippen LogP contribution < -0.4 is 5.73 Å².